The first-order valence-electron chi connectivity index (χ1n) is 7.57. The van der Waals surface area contributed by atoms with Crippen molar-refractivity contribution in [3.05, 3.63) is 0 Å². The smallest absolute Gasteiger partial charge is 0.284 e. The number of morpholine rings is 1. The number of quaternary nitrogens is 1. The number of fused-ring (bicyclic) bond motifs is 1. The van der Waals surface area contributed by atoms with Crippen molar-refractivity contribution in [2.45, 2.75) is 25.0 Å². The SMILES string of the molecule is CCSc1nnc2n1CCCN2C(=O)C[NH+]1CCOCC1. The van der Waals surface area contributed by atoms with Crippen LogP contribution in [0.15, 0.2) is 5.16 Å². The molecule has 1 N–H and O–H groups in total. The number of aromatic nitrogens is 3. The maximum Gasteiger partial charge on any atom is 0.284 e. The van der Waals surface area contributed by atoms with Crippen LogP contribution in [0.4, 0.5) is 5.95 Å². The first kappa shape index (κ1) is 14.8. The first-order valence-corrected chi connectivity index (χ1v) is 8.56. The summed E-state index contributed by atoms with van der Waals surface area (Å²) in [5.41, 5.74) is 0. The summed E-state index contributed by atoms with van der Waals surface area (Å²) in [5, 5.41) is 9.38. The van der Waals surface area contributed by atoms with Gasteiger partial charge in [0.15, 0.2) is 11.7 Å². The highest BCUT2D eigenvalue weighted by Gasteiger charge is 2.29. The van der Waals surface area contributed by atoms with Crippen LogP contribution in [-0.4, -0.2) is 65.8 Å². The number of nitrogens with zero attached hydrogens (tertiary/aromatic N) is 4. The van der Waals surface area contributed by atoms with Crippen LogP contribution in [0.1, 0.15) is 13.3 Å². The van der Waals surface area contributed by atoms with Crippen molar-refractivity contribution in [2.24, 2.45) is 0 Å². The maximum atomic E-state index is 12.6. The van der Waals surface area contributed by atoms with Gasteiger partial charge < -0.3 is 9.64 Å². The van der Waals surface area contributed by atoms with Crippen LogP contribution < -0.4 is 9.80 Å². The molecule has 3 heterocycles. The van der Waals surface area contributed by atoms with Crippen molar-refractivity contribution in [2.75, 3.05) is 50.0 Å². The fourth-order valence-electron chi connectivity index (χ4n) is 2.78. The first-order chi connectivity index (χ1) is 10.3. The van der Waals surface area contributed by atoms with Crippen LogP contribution >= 0.6 is 11.8 Å². The van der Waals surface area contributed by atoms with E-state index < -0.39 is 0 Å². The lowest BCUT2D eigenvalue weighted by Crippen LogP contribution is -3.15. The Hall–Kier alpha value is -1.12. The van der Waals surface area contributed by atoms with Crippen LogP contribution in [0.5, 0.6) is 0 Å². The summed E-state index contributed by atoms with van der Waals surface area (Å²) in [6.07, 6.45) is 0.965. The molecule has 0 saturated carbocycles. The highest BCUT2D eigenvalue weighted by Crippen LogP contribution is 2.25. The van der Waals surface area contributed by atoms with Gasteiger partial charge in [0.05, 0.1) is 13.2 Å². The Kier molecular flexibility index (Phi) is 4.77. The van der Waals surface area contributed by atoms with Gasteiger partial charge in [-0.15, -0.1) is 10.2 Å². The minimum atomic E-state index is 0.147. The number of hydrogen-bond acceptors (Lipinski definition) is 5. The number of carbonyl (C=O) groups is 1. The van der Waals surface area contributed by atoms with Gasteiger partial charge in [-0.05, 0) is 12.2 Å². The molecule has 116 valence electrons. The molecule has 0 aliphatic carbocycles. The van der Waals surface area contributed by atoms with Gasteiger partial charge in [-0.2, -0.15) is 0 Å². The third-order valence-electron chi connectivity index (χ3n) is 3.88. The van der Waals surface area contributed by atoms with Gasteiger partial charge in [-0.3, -0.25) is 14.3 Å². The molecule has 0 atom stereocenters. The molecule has 8 heteroatoms. The van der Waals surface area contributed by atoms with E-state index in [0.29, 0.717) is 6.54 Å². The quantitative estimate of drug-likeness (QED) is 0.726. The van der Waals surface area contributed by atoms with Crippen molar-refractivity contribution in [1.29, 1.82) is 0 Å². The van der Waals surface area contributed by atoms with E-state index in [1.807, 2.05) is 0 Å². The van der Waals surface area contributed by atoms with Crippen LogP contribution in [0, 0.1) is 0 Å². The fraction of sp³-hybridized carbons (Fsp3) is 0.769. The van der Waals surface area contributed by atoms with Crippen molar-refractivity contribution in [3.63, 3.8) is 0 Å². The van der Waals surface area contributed by atoms with Crippen LogP contribution in [0.25, 0.3) is 0 Å². The molecule has 0 aromatic carbocycles. The highest BCUT2D eigenvalue weighted by atomic mass is 32.2. The molecular weight excluding hydrogens is 290 g/mol. The molecule has 0 radical (unpaired) electrons. The zero-order valence-electron chi connectivity index (χ0n) is 12.4. The summed E-state index contributed by atoms with van der Waals surface area (Å²) < 4.78 is 7.41. The van der Waals surface area contributed by atoms with Gasteiger partial charge in [0.25, 0.3) is 5.91 Å². The van der Waals surface area contributed by atoms with Gasteiger partial charge >= 0.3 is 0 Å². The molecule has 21 heavy (non-hydrogen) atoms. The third kappa shape index (κ3) is 3.22. The summed E-state index contributed by atoms with van der Waals surface area (Å²) in [4.78, 5) is 15.7. The molecule has 1 fully saturated rings. The number of carbonyl (C=O) groups excluding carboxylic acids is 1. The predicted molar refractivity (Wildman–Crippen MR) is 79.8 cm³/mol. The van der Waals surface area contributed by atoms with Gasteiger partial charge in [0.1, 0.15) is 13.1 Å². The van der Waals surface area contributed by atoms with Crippen molar-refractivity contribution in [1.82, 2.24) is 14.8 Å². The molecule has 1 aromatic heterocycles. The van der Waals surface area contributed by atoms with E-state index in [1.165, 1.54) is 4.90 Å². The largest absolute Gasteiger partial charge is 0.370 e. The highest BCUT2D eigenvalue weighted by molar-refractivity contribution is 7.99. The number of thioether (sulfide) groups is 1. The van der Waals surface area contributed by atoms with Crippen molar-refractivity contribution >= 4 is 23.6 Å². The molecule has 7 nitrogen and oxygen atoms in total. The second kappa shape index (κ2) is 6.76. The van der Waals surface area contributed by atoms with E-state index in [4.69, 9.17) is 4.74 Å². The van der Waals surface area contributed by atoms with Crippen LogP contribution in [0.2, 0.25) is 0 Å². The molecule has 0 unspecified atom stereocenters. The lowest BCUT2D eigenvalue weighted by atomic mass is 10.3. The fourth-order valence-corrected chi connectivity index (χ4v) is 3.47. The Bertz CT molecular complexity index is 501. The monoisotopic (exact) mass is 312 g/mol. The Balaban J connectivity index is 1.70. The Morgan fingerprint density at radius 2 is 2.14 bits per heavy atom. The Morgan fingerprint density at radius 1 is 1.33 bits per heavy atom. The summed E-state index contributed by atoms with van der Waals surface area (Å²) in [5.74, 6) is 1.83. The standard InChI is InChI=1S/C13H21N5O2S/c1-2-21-13-15-14-12-17(4-3-5-18(12)13)11(19)10-16-6-8-20-9-7-16/h2-10H2,1H3/p+1. The Morgan fingerprint density at radius 3 is 2.90 bits per heavy atom. The minimum Gasteiger partial charge on any atom is -0.370 e. The summed E-state index contributed by atoms with van der Waals surface area (Å²) in [6, 6.07) is 0. The number of ether oxygens (including phenoxy) is 1. The topological polar surface area (TPSA) is 64.7 Å². The second-order valence-corrected chi connectivity index (χ2v) is 6.54. The maximum absolute atomic E-state index is 12.6. The lowest BCUT2D eigenvalue weighted by molar-refractivity contribution is -0.900. The molecule has 0 spiro atoms. The molecule has 2 aliphatic rings. The van der Waals surface area contributed by atoms with E-state index >= 15 is 0 Å². The molecule has 3 rings (SSSR count). The molecule has 0 bridgehead atoms. The lowest BCUT2D eigenvalue weighted by Gasteiger charge is -2.29. The van der Waals surface area contributed by atoms with E-state index in [0.717, 1.165) is 62.7 Å². The summed E-state index contributed by atoms with van der Waals surface area (Å²) >= 11 is 1.68. The average Bonchev–Trinajstić information content (AvgIpc) is 2.92. The molecule has 1 aromatic rings. The summed E-state index contributed by atoms with van der Waals surface area (Å²) in [7, 11) is 0. The van der Waals surface area contributed by atoms with Crippen molar-refractivity contribution in [3.8, 4) is 0 Å². The molecule has 1 amide bonds. The predicted octanol–water partition coefficient (Wildman–Crippen LogP) is -0.958. The number of rotatable bonds is 4. The average molecular weight is 312 g/mol. The number of anilines is 1. The number of amides is 1. The number of nitrogens with one attached hydrogen (secondary N) is 1. The zero-order valence-corrected chi connectivity index (χ0v) is 13.2. The minimum absolute atomic E-state index is 0.147. The zero-order chi connectivity index (χ0) is 14.7. The van der Waals surface area contributed by atoms with E-state index in [-0.39, 0.29) is 5.91 Å². The van der Waals surface area contributed by atoms with Gasteiger partial charge in [0.2, 0.25) is 5.95 Å². The van der Waals surface area contributed by atoms with E-state index in [1.54, 1.807) is 16.7 Å². The van der Waals surface area contributed by atoms with Gasteiger partial charge in [-0.25, -0.2) is 0 Å². The van der Waals surface area contributed by atoms with E-state index in [9.17, 15) is 4.79 Å². The van der Waals surface area contributed by atoms with Crippen LogP contribution in [-0.2, 0) is 16.1 Å². The van der Waals surface area contributed by atoms with E-state index in [2.05, 4.69) is 21.7 Å². The van der Waals surface area contributed by atoms with Gasteiger partial charge in [0, 0.05) is 13.1 Å². The number of hydrogen-bond donors (Lipinski definition) is 1. The third-order valence-corrected chi connectivity index (χ3v) is 4.73. The van der Waals surface area contributed by atoms with Crippen LogP contribution in [0.3, 0.4) is 0 Å². The summed E-state index contributed by atoms with van der Waals surface area (Å²) in [6.45, 7) is 7.57. The molecular formula is C13H22N5O2S+. The van der Waals surface area contributed by atoms with Gasteiger partial charge in [-0.1, -0.05) is 18.7 Å². The normalized spacial score (nSPS) is 19.6. The van der Waals surface area contributed by atoms with Crippen molar-refractivity contribution < 1.29 is 14.4 Å². The Labute approximate surface area is 128 Å². The second-order valence-electron chi connectivity index (χ2n) is 5.31. The molecule has 1 saturated heterocycles. The molecule has 2 aliphatic heterocycles.